The van der Waals surface area contributed by atoms with Crippen molar-refractivity contribution in [2.45, 2.75) is 25.3 Å². The van der Waals surface area contributed by atoms with Gasteiger partial charge in [0.05, 0.1) is 36.5 Å². The normalized spacial score (nSPS) is 12.6. The molecule has 3 aromatic carbocycles. The van der Waals surface area contributed by atoms with Gasteiger partial charge in [-0.25, -0.2) is 0 Å². The number of fused-ring (bicyclic) bond motifs is 1. The first-order chi connectivity index (χ1) is 18.1. The summed E-state index contributed by atoms with van der Waals surface area (Å²) in [4.78, 5) is 33.2. The Labute approximate surface area is 216 Å². The Hall–Kier alpha value is -4.45. The molecular formula is C31H29N3O3. The molecule has 2 amide bonds. The van der Waals surface area contributed by atoms with Gasteiger partial charge in [-0.3, -0.25) is 14.6 Å². The minimum atomic E-state index is -0.311. The Balaban J connectivity index is 1.41. The number of ether oxygens (including phenoxy) is 1. The Kier molecular flexibility index (Phi) is 7.26. The van der Waals surface area contributed by atoms with E-state index in [1.807, 2.05) is 84.9 Å². The molecule has 6 nitrogen and oxygen atoms in total. The second-order valence-electron chi connectivity index (χ2n) is 9.06. The molecule has 0 radical (unpaired) electrons. The number of carbonyl (C=O) groups excluding carboxylic acids is 2. The Morgan fingerprint density at radius 3 is 2.27 bits per heavy atom. The van der Waals surface area contributed by atoms with Crippen LogP contribution in [0.25, 0.3) is 0 Å². The molecule has 2 heterocycles. The highest BCUT2D eigenvalue weighted by Crippen LogP contribution is 2.29. The molecular weight excluding hydrogens is 462 g/mol. The monoisotopic (exact) mass is 491 g/mol. The SMILES string of the molecule is COc1ccccc1CC(=O)N1CCCc2ncc(C(=O)NC(c3ccccc3)c3ccccc3)cc21. The molecule has 0 saturated heterocycles. The first kappa shape index (κ1) is 24.3. The number of para-hydroxylation sites is 1. The minimum absolute atomic E-state index is 0.0451. The zero-order valence-corrected chi connectivity index (χ0v) is 20.8. The summed E-state index contributed by atoms with van der Waals surface area (Å²) in [6, 6.07) is 28.8. The molecule has 1 N–H and O–H groups in total. The van der Waals surface area contributed by atoms with Crippen molar-refractivity contribution < 1.29 is 14.3 Å². The first-order valence-electron chi connectivity index (χ1n) is 12.5. The number of hydrogen-bond donors (Lipinski definition) is 1. The van der Waals surface area contributed by atoms with E-state index in [2.05, 4.69) is 10.3 Å². The van der Waals surface area contributed by atoms with Crippen molar-refractivity contribution in [1.29, 1.82) is 0 Å². The van der Waals surface area contributed by atoms with Crippen LogP contribution < -0.4 is 15.0 Å². The smallest absolute Gasteiger partial charge is 0.253 e. The highest BCUT2D eigenvalue weighted by Gasteiger charge is 2.26. The summed E-state index contributed by atoms with van der Waals surface area (Å²) in [6.45, 7) is 0.588. The van der Waals surface area contributed by atoms with E-state index in [0.717, 1.165) is 35.2 Å². The van der Waals surface area contributed by atoms with Gasteiger partial charge in [0.2, 0.25) is 5.91 Å². The van der Waals surface area contributed by atoms with Crippen molar-refractivity contribution in [3.05, 3.63) is 125 Å². The summed E-state index contributed by atoms with van der Waals surface area (Å²) in [5.41, 5.74) is 4.77. The molecule has 0 aliphatic carbocycles. The number of nitrogens with zero attached hydrogens (tertiary/aromatic N) is 2. The van der Waals surface area contributed by atoms with Crippen LogP contribution in [0.1, 0.15) is 45.2 Å². The fraction of sp³-hybridized carbons (Fsp3) is 0.194. The summed E-state index contributed by atoms with van der Waals surface area (Å²) in [5, 5.41) is 3.17. The van der Waals surface area contributed by atoms with E-state index in [0.29, 0.717) is 23.5 Å². The number of benzene rings is 3. The summed E-state index contributed by atoms with van der Waals surface area (Å²) >= 11 is 0. The number of nitrogens with one attached hydrogen (secondary N) is 1. The van der Waals surface area contributed by atoms with Gasteiger partial charge in [0.15, 0.2) is 0 Å². The number of anilines is 1. The maximum atomic E-state index is 13.5. The molecule has 5 rings (SSSR count). The number of methoxy groups -OCH3 is 1. The van der Waals surface area contributed by atoms with Gasteiger partial charge in [-0.05, 0) is 36.1 Å². The van der Waals surface area contributed by atoms with Crippen molar-refractivity contribution >= 4 is 17.5 Å². The number of aromatic nitrogens is 1. The molecule has 4 aromatic rings. The predicted molar refractivity (Wildman–Crippen MR) is 144 cm³/mol. The van der Waals surface area contributed by atoms with Crippen LogP contribution in [0.15, 0.2) is 97.2 Å². The van der Waals surface area contributed by atoms with E-state index in [-0.39, 0.29) is 24.3 Å². The summed E-state index contributed by atoms with van der Waals surface area (Å²) in [7, 11) is 1.60. The molecule has 0 atom stereocenters. The van der Waals surface area contributed by atoms with Gasteiger partial charge in [-0.1, -0.05) is 78.9 Å². The highest BCUT2D eigenvalue weighted by atomic mass is 16.5. The quantitative estimate of drug-likeness (QED) is 0.389. The van der Waals surface area contributed by atoms with Gasteiger partial charge in [0.1, 0.15) is 5.75 Å². The van der Waals surface area contributed by atoms with Crippen molar-refractivity contribution in [3.8, 4) is 5.75 Å². The van der Waals surface area contributed by atoms with Gasteiger partial charge in [-0.2, -0.15) is 0 Å². The second-order valence-corrected chi connectivity index (χ2v) is 9.06. The van der Waals surface area contributed by atoms with Crippen LogP contribution >= 0.6 is 0 Å². The number of aryl methyl sites for hydroxylation is 1. The number of pyridine rings is 1. The predicted octanol–water partition coefficient (Wildman–Crippen LogP) is 5.13. The lowest BCUT2D eigenvalue weighted by atomic mass is 9.98. The molecule has 186 valence electrons. The van der Waals surface area contributed by atoms with Crippen LogP contribution in [0.4, 0.5) is 5.69 Å². The minimum Gasteiger partial charge on any atom is -0.496 e. The third kappa shape index (κ3) is 5.38. The Morgan fingerprint density at radius 1 is 0.946 bits per heavy atom. The zero-order chi connectivity index (χ0) is 25.6. The summed E-state index contributed by atoms with van der Waals surface area (Å²) < 4.78 is 5.43. The van der Waals surface area contributed by atoms with Crippen LogP contribution in [0.3, 0.4) is 0 Å². The molecule has 0 unspecified atom stereocenters. The highest BCUT2D eigenvalue weighted by molar-refractivity contribution is 5.99. The molecule has 1 aromatic heterocycles. The van der Waals surface area contributed by atoms with Crippen LogP contribution in [0.5, 0.6) is 5.75 Å². The molecule has 37 heavy (non-hydrogen) atoms. The molecule has 0 fully saturated rings. The maximum absolute atomic E-state index is 13.5. The lowest BCUT2D eigenvalue weighted by Gasteiger charge is -2.29. The van der Waals surface area contributed by atoms with E-state index in [1.54, 1.807) is 24.3 Å². The van der Waals surface area contributed by atoms with E-state index in [9.17, 15) is 9.59 Å². The van der Waals surface area contributed by atoms with E-state index >= 15 is 0 Å². The molecule has 6 heteroatoms. The van der Waals surface area contributed by atoms with E-state index in [1.165, 1.54) is 0 Å². The van der Waals surface area contributed by atoms with E-state index in [4.69, 9.17) is 4.74 Å². The van der Waals surface area contributed by atoms with E-state index < -0.39 is 0 Å². The Bertz CT molecular complexity index is 1350. The van der Waals surface area contributed by atoms with Gasteiger partial charge >= 0.3 is 0 Å². The van der Waals surface area contributed by atoms with Crippen LogP contribution in [-0.4, -0.2) is 30.5 Å². The van der Waals surface area contributed by atoms with Crippen molar-refractivity contribution in [3.63, 3.8) is 0 Å². The Morgan fingerprint density at radius 2 is 1.59 bits per heavy atom. The van der Waals surface area contributed by atoms with Crippen molar-refractivity contribution in [2.24, 2.45) is 0 Å². The fourth-order valence-corrected chi connectivity index (χ4v) is 4.79. The fourth-order valence-electron chi connectivity index (χ4n) is 4.79. The average molecular weight is 492 g/mol. The molecule has 1 aliphatic heterocycles. The molecule has 0 saturated carbocycles. The summed E-state index contributed by atoms with van der Waals surface area (Å²) in [6.07, 6.45) is 3.42. The topological polar surface area (TPSA) is 71.5 Å². The lowest BCUT2D eigenvalue weighted by molar-refractivity contribution is -0.118. The van der Waals surface area contributed by atoms with Gasteiger partial charge in [0, 0.05) is 18.3 Å². The van der Waals surface area contributed by atoms with Crippen LogP contribution in [0, 0.1) is 0 Å². The largest absolute Gasteiger partial charge is 0.496 e. The number of rotatable bonds is 7. The average Bonchev–Trinajstić information content (AvgIpc) is 2.96. The van der Waals surface area contributed by atoms with Gasteiger partial charge in [-0.15, -0.1) is 0 Å². The standard InChI is InChI=1S/C31H29N3O3/c1-37-28-17-9-8-15-24(28)20-29(35)34-18-10-16-26-27(34)19-25(21-32-26)31(36)33-30(22-11-4-2-5-12-22)23-13-6-3-7-14-23/h2-9,11-15,17,19,21,30H,10,16,18,20H2,1H3,(H,33,36). The number of hydrogen-bond acceptors (Lipinski definition) is 4. The second kappa shape index (κ2) is 11.1. The third-order valence-electron chi connectivity index (χ3n) is 6.67. The number of amides is 2. The first-order valence-corrected chi connectivity index (χ1v) is 12.5. The zero-order valence-electron chi connectivity index (χ0n) is 20.8. The third-order valence-corrected chi connectivity index (χ3v) is 6.67. The van der Waals surface area contributed by atoms with Crippen LogP contribution in [-0.2, 0) is 17.6 Å². The van der Waals surface area contributed by atoms with Crippen LogP contribution in [0.2, 0.25) is 0 Å². The molecule has 0 bridgehead atoms. The van der Waals surface area contributed by atoms with Crippen molar-refractivity contribution in [2.75, 3.05) is 18.6 Å². The lowest BCUT2D eigenvalue weighted by Crippen LogP contribution is -2.37. The van der Waals surface area contributed by atoms with Gasteiger partial charge in [0.25, 0.3) is 5.91 Å². The molecule has 1 aliphatic rings. The number of carbonyl (C=O) groups is 2. The summed E-state index contributed by atoms with van der Waals surface area (Å²) in [5.74, 6) is 0.402. The molecule has 0 spiro atoms. The maximum Gasteiger partial charge on any atom is 0.253 e. The van der Waals surface area contributed by atoms with Gasteiger partial charge < -0.3 is 15.0 Å². The van der Waals surface area contributed by atoms with Crippen molar-refractivity contribution in [1.82, 2.24) is 10.3 Å².